The Morgan fingerprint density at radius 3 is 2.50 bits per heavy atom. The molecule has 0 aliphatic rings. The highest BCUT2D eigenvalue weighted by molar-refractivity contribution is 5.95. The quantitative estimate of drug-likeness (QED) is 0.572. The summed E-state index contributed by atoms with van der Waals surface area (Å²) in [5.74, 6) is -0.295. The van der Waals surface area contributed by atoms with E-state index in [1.54, 1.807) is 0 Å². The first-order valence-corrected chi connectivity index (χ1v) is 9.99. The highest BCUT2D eigenvalue weighted by Gasteiger charge is 2.31. The molecule has 1 unspecified atom stereocenters. The molecule has 0 saturated heterocycles. The first-order valence-electron chi connectivity index (χ1n) is 9.99. The molecule has 0 aliphatic heterocycles. The summed E-state index contributed by atoms with van der Waals surface area (Å²) in [7, 11) is 5.24. The fraction of sp³-hybridized carbons (Fsp3) is 0.304. The van der Waals surface area contributed by atoms with Gasteiger partial charge in [-0.05, 0) is 44.3 Å². The van der Waals surface area contributed by atoms with Gasteiger partial charge in [-0.3, -0.25) is 4.79 Å². The molecule has 0 saturated carbocycles. The van der Waals surface area contributed by atoms with Crippen LogP contribution >= 0.6 is 0 Å². The molecule has 0 radical (unpaired) electrons. The van der Waals surface area contributed by atoms with Gasteiger partial charge in [-0.25, -0.2) is 4.68 Å². The maximum atomic E-state index is 13.0. The van der Waals surface area contributed by atoms with Crippen LogP contribution in [0.15, 0.2) is 60.8 Å². The van der Waals surface area contributed by atoms with E-state index in [2.05, 4.69) is 10.4 Å². The van der Waals surface area contributed by atoms with Crippen molar-refractivity contribution in [1.29, 1.82) is 0 Å². The smallest absolute Gasteiger partial charge is 0.416 e. The summed E-state index contributed by atoms with van der Waals surface area (Å²) in [6, 6.07) is 14.7. The third kappa shape index (κ3) is 5.67. The molecule has 3 aromatic rings. The van der Waals surface area contributed by atoms with Gasteiger partial charge in [0.05, 0.1) is 24.6 Å². The molecular formula is C23H25F3N4O2. The maximum Gasteiger partial charge on any atom is 0.416 e. The zero-order valence-electron chi connectivity index (χ0n) is 18.1. The first kappa shape index (κ1) is 23.3. The van der Waals surface area contributed by atoms with Crippen molar-refractivity contribution < 1.29 is 22.7 Å². The van der Waals surface area contributed by atoms with Crippen LogP contribution in [0.25, 0.3) is 5.69 Å². The van der Waals surface area contributed by atoms with Crippen LogP contribution in [0.2, 0.25) is 0 Å². The number of methoxy groups -OCH3 is 1. The number of ether oxygens (including phenoxy) is 1. The zero-order chi connectivity index (χ0) is 23.3. The van der Waals surface area contributed by atoms with Crippen molar-refractivity contribution >= 4 is 5.91 Å². The zero-order valence-corrected chi connectivity index (χ0v) is 18.1. The molecule has 1 aromatic heterocycles. The number of likely N-dealkylation sites (N-methyl/N-ethyl adjacent to an activating group) is 1. The monoisotopic (exact) mass is 446 g/mol. The molecule has 0 fully saturated rings. The first-order chi connectivity index (χ1) is 15.2. The Bertz CT molecular complexity index is 1050. The van der Waals surface area contributed by atoms with Crippen LogP contribution in [0.1, 0.15) is 21.6 Å². The van der Waals surface area contributed by atoms with Gasteiger partial charge in [-0.15, -0.1) is 0 Å². The van der Waals surface area contributed by atoms with Crippen LogP contribution in [0, 0.1) is 0 Å². The summed E-state index contributed by atoms with van der Waals surface area (Å²) in [5, 5.41) is 7.04. The number of nitrogens with zero attached hydrogens (tertiary/aromatic N) is 3. The standard InChI is InChI=1S/C23H25F3N4O2/c1-29(2)19(12-16-8-5-4-6-9-16)14-27-22(31)21-20(32-3)15-30(28-21)18-11-7-10-17(13-18)23(24,25)26/h4-11,13,15,19H,12,14H2,1-3H3,(H,27,31). The van der Waals surface area contributed by atoms with Crippen molar-refractivity contribution in [3.8, 4) is 11.4 Å². The van der Waals surface area contributed by atoms with Crippen molar-refractivity contribution in [1.82, 2.24) is 20.0 Å². The molecule has 2 aromatic carbocycles. The largest absolute Gasteiger partial charge is 0.493 e. The van der Waals surface area contributed by atoms with E-state index >= 15 is 0 Å². The van der Waals surface area contributed by atoms with E-state index in [0.717, 1.165) is 24.1 Å². The van der Waals surface area contributed by atoms with E-state index < -0.39 is 17.6 Å². The van der Waals surface area contributed by atoms with Gasteiger partial charge >= 0.3 is 6.18 Å². The Kier molecular flexibility index (Phi) is 7.19. The third-order valence-electron chi connectivity index (χ3n) is 5.10. The lowest BCUT2D eigenvalue weighted by molar-refractivity contribution is -0.137. The number of alkyl halides is 3. The minimum atomic E-state index is -4.48. The number of rotatable bonds is 8. The van der Waals surface area contributed by atoms with Crippen LogP contribution in [-0.2, 0) is 12.6 Å². The lowest BCUT2D eigenvalue weighted by atomic mass is 10.1. The van der Waals surface area contributed by atoms with E-state index in [1.165, 1.54) is 30.1 Å². The number of aromatic nitrogens is 2. The molecular weight excluding hydrogens is 421 g/mol. The molecule has 32 heavy (non-hydrogen) atoms. The number of hydrogen-bond donors (Lipinski definition) is 1. The summed E-state index contributed by atoms with van der Waals surface area (Å²) in [5.41, 5.74) is 0.520. The summed E-state index contributed by atoms with van der Waals surface area (Å²) >= 11 is 0. The van der Waals surface area contributed by atoms with Gasteiger partial charge < -0.3 is 15.0 Å². The number of carbonyl (C=O) groups is 1. The van der Waals surface area contributed by atoms with E-state index in [4.69, 9.17) is 4.74 Å². The number of nitrogens with one attached hydrogen (secondary N) is 1. The normalized spacial score (nSPS) is 12.6. The summed E-state index contributed by atoms with van der Waals surface area (Å²) in [6.07, 6.45) is -2.35. The number of benzene rings is 2. The van der Waals surface area contributed by atoms with Gasteiger partial charge in [-0.1, -0.05) is 36.4 Å². The maximum absolute atomic E-state index is 13.0. The molecule has 0 spiro atoms. The summed E-state index contributed by atoms with van der Waals surface area (Å²) in [4.78, 5) is 14.8. The van der Waals surface area contributed by atoms with Gasteiger partial charge in [-0.2, -0.15) is 18.3 Å². The predicted octanol–water partition coefficient (Wildman–Crippen LogP) is 3.80. The second kappa shape index (κ2) is 9.86. The average Bonchev–Trinajstić information content (AvgIpc) is 3.21. The van der Waals surface area contributed by atoms with Crippen molar-refractivity contribution in [2.45, 2.75) is 18.6 Å². The Labute approximate surface area is 184 Å². The number of carbonyl (C=O) groups excluding carboxylic acids is 1. The predicted molar refractivity (Wildman–Crippen MR) is 115 cm³/mol. The Balaban J connectivity index is 1.76. The van der Waals surface area contributed by atoms with Crippen molar-refractivity contribution in [3.63, 3.8) is 0 Å². The van der Waals surface area contributed by atoms with Gasteiger partial charge in [0.25, 0.3) is 5.91 Å². The second-order valence-electron chi connectivity index (χ2n) is 7.56. The molecule has 1 atom stereocenters. The molecule has 0 bridgehead atoms. The van der Waals surface area contributed by atoms with E-state index in [-0.39, 0.29) is 23.2 Å². The lowest BCUT2D eigenvalue weighted by Crippen LogP contribution is -2.41. The van der Waals surface area contributed by atoms with Crippen LogP contribution in [0.4, 0.5) is 13.2 Å². The molecule has 9 heteroatoms. The highest BCUT2D eigenvalue weighted by atomic mass is 19.4. The van der Waals surface area contributed by atoms with E-state index in [0.29, 0.717) is 6.54 Å². The van der Waals surface area contributed by atoms with Gasteiger partial charge in [0.1, 0.15) is 0 Å². The van der Waals surface area contributed by atoms with Gasteiger partial charge in [0, 0.05) is 12.6 Å². The Morgan fingerprint density at radius 2 is 1.88 bits per heavy atom. The van der Waals surface area contributed by atoms with Crippen molar-refractivity contribution in [2.75, 3.05) is 27.7 Å². The van der Waals surface area contributed by atoms with Crippen LogP contribution < -0.4 is 10.1 Å². The third-order valence-corrected chi connectivity index (χ3v) is 5.10. The number of hydrogen-bond acceptors (Lipinski definition) is 4. The van der Waals surface area contributed by atoms with Crippen LogP contribution in [0.3, 0.4) is 0 Å². The number of amides is 1. The summed E-state index contributed by atoms with van der Waals surface area (Å²) < 4.78 is 45.6. The van der Waals surface area contributed by atoms with Crippen molar-refractivity contribution in [3.05, 3.63) is 77.6 Å². The fourth-order valence-electron chi connectivity index (χ4n) is 3.24. The minimum Gasteiger partial charge on any atom is -0.493 e. The van der Waals surface area contributed by atoms with E-state index in [9.17, 15) is 18.0 Å². The van der Waals surface area contributed by atoms with Crippen molar-refractivity contribution in [2.24, 2.45) is 0 Å². The van der Waals surface area contributed by atoms with Gasteiger partial charge in [0.15, 0.2) is 11.4 Å². The molecule has 0 aliphatic carbocycles. The molecule has 3 rings (SSSR count). The fourth-order valence-corrected chi connectivity index (χ4v) is 3.24. The number of halogens is 3. The molecule has 1 heterocycles. The Hall–Kier alpha value is -3.33. The lowest BCUT2D eigenvalue weighted by Gasteiger charge is -2.24. The van der Waals surface area contributed by atoms with Gasteiger partial charge in [0.2, 0.25) is 0 Å². The summed E-state index contributed by atoms with van der Waals surface area (Å²) in [6.45, 7) is 0.361. The molecule has 1 amide bonds. The van der Waals surface area contributed by atoms with Crippen LogP contribution in [-0.4, -0.2) is 54.4 Å². The average molecular weight is 446 g/mol. The van der Waals surface area contributed by atoms with E-state index in [1.807, 2.05) is 49.3 Å². The molecule has 170 valence electrons. The topological polar surface area (TPSA) is 59.4 Å². The second-order valence-corrected chi connectivity index (χ2v) is 7.56. The molecule has 1 N–H and O–H groups in total. The Morgan fingerprint density at radius 1 is 1.16 bits per heavy atom. The highest BCUT2D eigenvalue weighted by Crippen LogP contribution is 2.30. The van der Waals surface area contributed by atoms with Crippen LogP contribution in [0.5, 0.6) is 5.75 Å². The SMILES string of the molecule is COc1cn(-c2cccc(C(F)(F)F)c2)nc1C(=O)NCC(Cc1ccccc1)N(C)C. The molecule has 6 nitrogen and oxygen atoms in total. The minimum absolute atomic E-state index is 0.00197.